The number of nitrogens with zero attached hydrogens (tertiary/aromatic N) is 1. The molecule has 0 bridgehead atoms. The summed E-state index contributed by atoms with van der Waals surface area (Å²) in [5.41, 5.74) is 9.40. The van der Waals surface area contributed by atoms with Crippen molar-refractivity contribution in [3.63, 3.8) is 0 Å². The van der Waals surface area contributed by atoms with Crippen LogP contribution in [0.15, 0.2) is 23.2 Å². The Labute approximate surface area is 128 Å². The van der Waals surface area contributed by atoms with E-state index in [1.54, 1.807) is 0 Å². The first kappa shape index (κ1) is 17.5. The van der Waals surface area contributed by atoms with Crippen molar-refractivity contribution in [2.75, 3.05) is 18.5 Å². The third-order valence-corrected chi connectivity index (χ3v) is 4.22. The number of hydrogen-bond acceptors (Lipinski definition) is 2. The van der Waals surface area contributed by atoms with E-state index in [0.717, 1.165) is 24.9 Å². The Hall–Kier alpha value is -1.55. The number of guanidine groups is 1. The van der Waals surface area contributed by atoms with Crippen molar-refractivity contribution < 1.29 is 5.11 Å². The topological polar surface area (TPSA) is 70.6 Å². The van der Waals surface area contributed by atoms with Gasteiger partial charge in [-0.25, -0.2) is 0 Å². The van der Waals surface area contributed by atoms with Gasteiger partial charge < -0.3 is 16.2 Å². The quantitative estimate of drug-likeness (QED) is 0.533. The first-order valence-electron chi connectivity index (χ1n) is 7.71. The maximum Gasteiger partial charge on any atom is 0.193 e. The minimum atomic E-state index is 0.0452. The molecule has 0 heterocycles. The molecule has 0 aliphatic carbocycles. The molecular formula is C17H29N3O. The Kier molecular flexibility index (Phi) is 6.69. The molecule has 118 valence electrons. The van der Waals surface area contributed by atoms with Gasteiger partial charge in [-0.3, -0.25) is 4.99 Å². The van der Waals surface area contributed by atoms with E-state index in [1.807, 2.05) is 0 Å². The molecule has 0 aromatic heterocycles. The molecule has 0 saturated carbocycles. The molecule has 21 heavy (non-hydrogen) atoms. The first-order chi connectivity index (χ1) is 9.94. The summed E-state index contributed by atoms with van der Waals surface area (Å²) in [7, 11) is 0. The average Bonchev–Trinajstić information content (AvgIpc) is 2.42. The van der Waals surface area contributed by atoms with Crippen LogP contribution in [0.2, 0.25) is 0 Å². The lowest BCUT2D eigenvalue weighted by Gasteiger charge is -2.29. The molecule has 4 nitrogen and oxygen atoms in total. The summed E-state index contributed by atoms with van der Waals surface area (Å²) in [6.07, 6.45) is 2.75. The molecule has 1 aromatic carbocycles. The van der Waals surface area contributed by atoms with E-state index in [2.05, 4.69) is 56.2 Å². The molecule has 0 unspecified atom stereocenters. The molecule has 1 rings (SSSR count). The Balaban J connectivity index is 2.75. The van der Waals surface area contributed by atoms with E-state index in [-0.39, 0.29) is 12.0 Å². The van der Waals surface area contributed by atoms with E-state index >= 15 is 0 Å². The summed E-state index contributed by atoms with van der Waals surface area (Å²) < 4.78 is 0. The highest BCUT2D eigenvalue weighted by Gasteiger charge is 2.25. The van der Waals surface area contributed by atoms with Crippen molar-refractivity contribution in [2.45, 2.75) is 47.0 Å². The van der Waals surface area contributed by atoms with Gasteiger partial charge in [0.15, 0.2) is 5.96 Å². The van der Waals surface area contributed by atoms with Gasteiger partial charge in [0.1, 0.15) is 0 Å². The highest BCUT2D eigenvalue weighted by molar-refractivity contribution is 5.92. The second-order valence-corrected chi connectivity index (χ2v) is 5.88. The van der Waals surface area contributed by atoms with Crippen LogP contribution >= 0.6 is 0 Å². The summed E-state index contributed by atoms with van der Waals surface area (Å²) in [5, 5.41) is 12.4. The number of aliphatic hydroxyl groups is 1. The van der Waals surface area contributed by atoms with Crippen molar-refractivity contribution in [1.29, 1.82) is 0 Å². The van der Waals surface area contributed by atoms with Crippen molar-refractivity contribution >= 4 is 11.6 Å². The van der Waals surface area contributed by atoms with Gasteiger partial charge in [0, 0.05) is 18.8 Å². The molecule has 0 radical (unpaired) electrons. The number of nitrogens with two attached hydrogens (primary N) is 1. The number of benzene rings is 1. The van der Waals surface area contributed by atoms with Crippen molar-refractivity contribution in [1.82, 2.24) is 0 Å². The van der Waals surface area contributed by atoms with Crippen LogP contribution < -0.4 is 11.1 Å². The highest BCUT2D eigenvalue weighted by Crippen LogP contribution is 2.30. The third kappa shape index (κ3) is 5.38. The fourth-order valence-corrected chi connectivity index (χ4v) is 2.63. The molecule has 0 aliphatic rings. The van der Waals surface area contributed by atoms with Crippen LogP contribution in [0.4, 0.5) is 5.69 Å². The van der Waals surface area contributed by atoms with Crippen LogP contribution in [0.5, 0.6) is 0 Å². The van der Waals surface area contributed by atoms with E-state index in [1.165, 1.54) is 11.1 Å². The third-order valence-electron chi connectivity index (χ3n) is 4.22. The molecule has 0 saturated heterocycles. The van der Waals surface area contributed by atoms with E-state index in [4.69, 9.17) is 5.73 Å². The number of anilines is 1. The van der Waals surface area contributed by atoms with Gasteiger partial charge in [-0.1, -0.05) is 19.9 Å². The number of hydrogen-bond donors (Lipinski definition) is 3. The minimum Gasteiger partial charge on any atom is -0.396 e. The zero-order valence-electron chi connectivity index (χ0n) is 13.7. The summed E-state index contributed by atoms with van der Waals surface area (Å²) in [6, 6.07) is 6.23. The standard InChI is InChI=1S/C17H29N3O/c1-5-17(6-2,7-8-21)12-19-16(18)20-15-10-13(3)9-14(4)11-15/h9-11,21H,5-8,12H2,1-4H3,(H3,18,19,20). The lowest BCUT2D eigenvalue weighted by Crippen LogP contribution is -2.29. The Bertz CT molecular complexity index is 459. The zero-order valence-corrected chi connectivity index (χ0v) is 13.7. The summed E-state index contributed by atoms with van der Waals surface area (Å²) in [4.78, 5) is 4.48. The zero-order chi connectivity index (χ0) is 15.9. The van der Waals surface area contributed by atoms with Crippen LogP contribution in [0, 0.1) is 19.3 Å². The molecule has 1 aromatic rings. The molecule has 0 amide bonds. The van der Waals surface area contributed by atoms with E-state index in [0.29, 0.717) is 12.5 Å². The molecule has 0 aliphatic heterocycles. The number of aryl methyl sites for hydroxylation is 2. The van der Waals surface area contributed by atoms with Gasteiger partial charge >= 0.3 is 0 Å². The lowest BCUT2D eigenvalue weighted by atomic mass is 9.79. The SMILES string of the molecule is CCC(CC)(CCO)CN=C(N)Nc1cc(C)cc(C)c1. The normalized spacial score (nSPS) is 12.5. The highest BCUT2D eigenvalue weighted by atomic mass is 16.3. The van der Waals surface area contributed by atoms with Crippen LogP contribution in [0.1, 0.15) is 44.2 Å². The van der Waals surface area contributed by atoms with Gasteiger partial charge in [0.2, 0.25) is 0 Å². The summed E-state index contributed by atoms with van der Waals surface area (Å²) in [6.45, 7) is 9.24. The van der Waals surface area contributed by atoms with Crippen LogP contribution in [0.3, 0.4) is 0 Å². The van der Waals surface area contributed by atoms with E-state index in [9.17, 15) is 5.11 Å². The summed E-state index contributed by atoms with van der Waals surface area (Å²) in [5.74, 6) is 0.434. The Morgan fingerprint density at radius 1 is 1.19 bits per heavy atom. The van der Waals surface area contributed by atoms with Crippen LogP contribution in [-0.4, -0.2) is 24.2 Å². The Morgan fingerprint density at radius 2 is 1.76 bits per heavy atom. The number of rotatable bonds is 7. The predicted molar refractivity (Wildman–Crippen MR) is 90.7 cm³/mol. The maximum absolute atomic E-state index is 9.23. The maximum atomic E-state index is 9.23. The second kappa shape index (κ2) is 8.03. The summed E-state index contributed by atoms with van der Waals surface area (Å²) >= 11 is 0. The van der Waals surface area contributed by atoms with Crippen LogP contribution in [-0.2, 0) is 0 Å². The van der Waals surface area contributed by atoms with Gasteiger partial charge in [0.25, 0.3) is 0 Å². The largest absolute Gasteiger partial charge is 0.396 e. The van der Waals surface area contributed by atoms with Gasteiger partial charge in [-0.2, -0.15) is 0 Å². The van der Waals surface area contributed by atoms with Gasteiger partial charge in [-0.05, 0) is 61.8 Å². The number of nitrogens with one attached hydrogen (secondary N) is 1. The molecule has 0 fully saturated rings. The monoisotopic (exact) mass is 291 g/mol. The van der Waals surface area contributed by atoms with Crippen LogP contribution in [0.25, 0.3) is 0 Å². The number of aliphatic imine (C=N–C) groups is 1. The molecular weight excluding hydrogens is 262 g/mol. The van der Waals surface area contributed by atoms with Gasteiger partial charge in [-0.15, -0.1) is 0 Å². The molecule has 0 spiro atoms. The van der Waals surface area contributed by atoms with Gasteiger partial charge in [0.05, 0.1) is 0 Å². The smallest absolute Gasteiger partial charge is 0.193 e. The Morgan fingerprint density at radius 3 is 2.24 bits per heavy atom. The minimum absolute atomic E-state index is 0.0452. The molecule has 0 atom stereocenters. The average molecular weight is 291 g/mol. The van der Waals surface area contributed by atoms with Crippen molar-refractivity contribution in [3.05, 3.63) is 29.3 Å². The predicted octanol–water partition coefficient (Wildman–Crippen LogP) is 3.22. The van der Waals surface area contributed by atoms with Crippen molar-refractivity contribution in [2.24, 2.45) is 16.1 Å². The van der Waals surface area contributed by atoms with Crippen molar-refractivity contribution in [3.8, 4) is 0 Å². The fourth-order valence-electron chi connectivity index (χ4n) is 2.63. The number of aliphatic hydroxyl groups excluding tert-OH is 1. The first-order valence-corrected chi connectivity index (χ1v) is 7.71. The fraction of sp³-hybridized carbons (Fsp3) is 0.588. The van der Waals surface area contributed by atoms with E-state index < -0.39 is 0 Å². The lowest BCUT2D eigenvalue weighted by molar-refractivity contribution is 0.175. The molecule has 4 heteroatoms. The second-order valence-electron chi connectivity index (χ2n) is 5.88. The molecule has 4 N–H and O–H groups in total.